The van der Waals surface area contributed by atoms with Crippen molar-refractivity contribution in [3.05, 3.63) is 53.6 Å². The smallest absolute Gasteiger partial charge is 0.416 e. The number of amides is 2. The van der Waals surface area contributed by atoms with Crippen LogP contribution in [-0.4, -0.2) is 25.5 Å². The second-order valence-electron chi connectivity index (χ2n) is 6.89. The monoisotopic (exact) mass is 446 g/mol. The van der Waals surface area contributed by atoms with Crippen molar-refractivity contribution in [2.45, 2.75) is 18.8 Å². The molecule has 3 rings (SSSR count). The summed E-state index contributed by atoms with van der Waals surface area (Å²) < 4.78 is 82.9. The van der Waals surface area contributed by atoms with Gasteiger partial charge in [0.25, 0.3) is 0 Å². The topological polar surface area (TPSA) is 58.6 Å². The van der Waals surface area contributed by atoms with E-state index in [9.17, 15) is 35.9 Å². The molecule has 11 heteroatoms. The van der Waals surface area contributed by atoms with Crippen molar-refractivity contribution in [2.24, 2.45) is 5.92 Å². The minimum atomic E-state index is -5.03. The predicted octanol–water partition coefficient (Wildman–Crippen LogP) is 4.72. The lowest BCUT2D eigenvalue weighted by Crippen LogP contribution is -2.28. The number of nitrogens with zero attached hydrogens (tertiary/aromatic N) is 1. The van der Waals surface area contributed by atoms with Crippen molar-refractivity contribution in [1.29, 1.82) is 0 Å². The molecule has 166 valence electrons. The quantitative estimate of drug-likeness (QED) is 0.692. The third kappa shape index (κ3) is 5.09. The molecule has 0 saturated carbocycles. The van der Waals surface area contributed by atoms with Crippen LogP contribution in [0.3, 0.4) is 0 Å². The van der Waals surface area contributed by atoms with Gasteiger partial charge in [-0.25, -0.2) is 0 Å². The van der Waals surface area contributed by atoms with E-state index in [1.54, 1.807) is 24.3 Å². The number of carbonyl (C=O) groups excluding carboxylic acids is 2. The first-order valence-electron chi connectivity index (χ1n) is 8.93. The molecule has 0 bridgehead atoms. The van der Waals surface area contributed by atoms with Crippen LogP contribution in [0, 0.1) is 5.92 Å². The first-order chi connectivity index (χ1) is 14.4. The van der Waals surface area contributed by atoms with Gasteiger partial charge in [0.15, 0.2) is 0 Å². The highest BCUT2D eigenvalue weighted by Crippen LogP contribution is 2.38. The number of hydrogen-bond acceptors (Lipinski definition) is 3. The first-order valence-corrected chi connectivity index (χ1v) is 8.93. The zero-order chi connectivity index (χ0) is 23.0. The summed E-state index contributed by atoms with van der Waals surface area (Å²) in [5.41, 5.74) is -3.25. The number of anilines is 2. The van der Waals surface area contributed by atoms with Crippen molar-refractivity contribution in [3.63, 3.8) is 0 Å². The molecule has 1 unspecified atom stereocenters. The molecule has 5 nitrogen and oxygen atoms in total. The van der Waals surface area contributed by atoms with E-state index in [0.717, 1.165) is 0 Å². The van der Waals surface area contributed by atoms with E-state index in [-0.39, 0.29) is 19.0 Å². The number of carbonyl (C=O) groups is 2. The number of ether oxygens (including phenoxy) is 1. The van der Waals surface area contributed by atoms with E-state index in [0.29, 0.717) is 23.6 Å². The largest absolute Gasteiger partial charge is 0.497 e. The normalized spacial score (nSPS) is 17.1. The number of halogens is 6. The lowest BCUT2D eigenvalue weighted by Gasteiger charge is -2.18. The zero-order valence-electron chi connectivity index (χ0n) is 16.0. The summed E-state index contributed by atoms with van der Waals surface area (Å²) in [6, 6.07) is 7.23. The minimum Gasteiger partial charge on any atom is -0.497 e. The van der Waals surface area contributed by atoms with E-state index in [2.05, 4.69) is 5.32 Å². The van der Waals surface area contributed by atoms with Gasteiger partial charge in [-0.2, -0.15) is 26.3 Å². The van der Waals surface area contributed by atoms with Crippen LogP contribution in [0.25, 0.3) is 0 Å². The number of nitrogens with one attached hydrogen (secondary N) is 1. The molecule has 1 atom stereocenters. The summed E-state index contributed by atoms with van der Waals surface area (Å²) in [6.07, 6.45) is -10.3. The van der Waals surface area contributed by atoms with E-state index in [4.69, 9.17) is 4.74 Å². The van der Waals surface area contributed by atoms with Gasteiger partial charge in [-0.05, 0) is 42.5 Å². The van der Waals surface area contributed by atoms with Crippen molar-refractivity contribution in [2.75, 3.05) is 23.9 Å². The summed E-state index contributed by atoms with van der Waals surface area (Å²) in [4.78, 5) is 26.1. The Bertz CT molecular complexity index is 954. The third-order valence-electron chi connectivity index (χ3n) is 4.74. The number of rotatable bonds is 4. The van der Waals surface area contributed by atoms with Gasteiger partial charge in [0.2, 0.25) is 11.8 Å². The lowest BCUT2D eigenvalue weighted by molar-refractivity contribution is -0.143. The fraction of sp³-hybridized carbons (Fsp3) is 0.300. The summed E-state index contributed by atoms with van der Waals surface area (Å²) in [5, 5.41) is 2.08. The van der Waals surface area contributed by atoms with E-state index >= 15 is 0 Å². The Morgan fingerprint density at radius 3 is 2.03 bits per heavy atom. The Labute approximate surface area is 172 Å². The van der Waals surface area contributed by atoms with Crippen LogP contribution in [0.15, 0.2) is 42.5 Å². The Morgan fingerprint density at radius 1 is 1.00 bits per heavy atom. The molecule has 0 aromatic heterocycles. The molecule has 1 fully saturated rings. The molecule has 31 heavy (non-hydrogen) atoms. The molecule has 0 radical (unpaired) electrons. The van der Waals surface area contributed by atoms with Crippen LogP contribution in [-0.2, 0) is 21.9 Å². The maximum absolute atomic E-state index is 13.0. The second-order valence-corrected chi connectivity index (χ2v) is 6.89. The van der Waals surface area contributed by atoms with Crippen molar-refractivity contribution in [3.8, 4) is 5.75 Å². The fourth-order valence-corrected chi connectivity index (χ4v) is 3.17. The average Bonchev–Trinajstić information content (AvgIpc) is 3.08. The van der Waals surface area contributed by atoms with Crippen LogP contribution in [0.4, 0.5) is 37.7 Å². The summed E-state index contributed by atoms with van der Waals surface area (Å²) >= 11 is 0. The van der Waals surface area contributed by atoms with Crippen LogP contribution in [0.5, 0.6) is 5.75 Å². The number of hydrogen-bond donors (Lipinski definition) is 1. The van der Waals surface area contributed by atoms with E-state index in [1.807, 2.05) is 0 Å². The molecule has 1 heterocycles. The Morgan fingerprint density at radius 2 is 1.55 bits per heavy atom. The average molecular weight is 446 g/mol. The molecule has 1 N–H and O–H groups in total. The summed E-state index contributed by atoms with van der Waals surface area (Å²) in [5.74, 6) is -1.64. The van der Waals surface area contributed by atoms with Gasteiger partial charge in [-0.1, -0.05) is 0 Å². The highest BCUT2D eigenvalue weighted by molar-refractivity contribution is 6.03. The molecule has 0 spiro atoms. The number of alkyl halides is 6. The van der Waals surface area contributed by atoms with Crippen molar-refractivity contribution >= 4 is 23.2 Å². The van der Waals surface area contributed by atoms with E-state index < -0.39 is 46.9 Å². The maximum atomic E-state index is 13.0. The van der Waals surface area contributed by atoms with Crippen LogP contribution < -0.4 is 15.0 Å². The third-order valence-corrected chi connectivity index (χ3v) is 4.74. The van der Waals surface area contributed by atoms with Gasteiger partial charge >= 0.3 is 12.4 Å². The molecular weight excluding hydrogens is 430 g/mol. The van der Waals surface area contributed by atoms with E-state index in [1.165, 1.54) is 12.0 Å². The summed E-state index contributed by atoms with van der Waals surface area (Å²) in [6.45, 7) is -0.0674. The fourth-order valence-electron chi connectivity index (χ4n) is 3.17. The van der Waals surface area contributed by atoms with Crippen LogP contribution in [0.1, 0.15) is 17.5 Å². The predicted molar refractivity (Wildman–Crippen MR) is 98.5 cm³/mol. The Hall–Kier alpha value is -3.24. The van der Waals surface area contributed by atoms with Crippen LogP contribution >= 0.6 is 0 Å². The molecular formula is C20H16F6N2O3. The highest BCUT2D eigenvalue weighted by Gasteiger charge is 2.38. The lowest BCUT2D eigenvalue weighted by atomic mass is 10.1. The van der Waals surface area contributed by atoms with Gasteiger partial charge < -0.3 is 15.0 Å². The highest BCUT2D eigenvalue weighted by atomic mass is 19.4. The Balaban J connectivity index is 1.79. The van der Waals surface area contributed by atoms with Gasteiger partial charge in [-0.15, -0.1) is 0 Å². The minimum absolute atomic E-state index is 0.0276. The molecule has 1 aliphatic heterocycles. The van der Waals surface area contributed by atoms with Crippen molar-refractivity contribution in [1.82, 2.24) is 0 Å². The first kappa shape index (κ1) is 22.4. The molecule has 0 aliphatic carbocycles. The second kappa shape index (κ2) is 8.12. The van der Waals surface area contributed by atoms with Crippen molar-refractivity contribution < 1.29 is 40.7 Å². The number of benzene rings is 2. The molecule has 1 saturated heterocycles. The summed E-state index contributed by atoms with van der Waals surface area (Å²) in [7, 11) is 1.47. The standard InChI is InChI=1S/C20H16F6N2O3/c1-31-16-4-2-15(3-5-16)28-10-11(6-17(28)29)18(30)27-14-8-12(19(21,22)23)7-13(9-14)20(24,25)26/h2-5,7-9,11H,6,10H2,1H3,(H,27,30). The number of methoxy groups -OCH3 is 1. The van der Waals surface area contributed by atoms with Gasteiger partial charge in [-0.3, -0.25) is 9.59 Å². The van der Waals surface area contributed by atoms with Gasteiger partial charge in [0.05, 0.1) is 24.2 Å². The molecule has 2 aromatic carbocycles. The maximum Gasteiger partial charge on any atom is 0.416 e. The zero-order valence-corrected chi connectivity index (χ0v) is 16.0. The van der Waals surface area contributed by atoms with Crippen LogP contribution in [0.2, 0.25) is 0 Å². The SMILES string of the molecule is COc1ccc(N2CC(C(=O)Nc3cc(C(F)(F)F)cc(C(F)(F)F)c3)CC2=O)cc1. The Kier molecular flexibility index (Phi) is 5.88. The van der Waals surface area contributed by atoms with Gasteiger partial charge in [0, 0.05) is 24.3 Å². The molecule has 1 aliphatic rings. The molecule has 2 aromatic rings. The van der Waals surface area contributed by atoms with Gasteiger partial charge in [0.1, 0.15) is 5.75 Å². The molecule has 2 amide bonds.